The molecule has 0 fully saturated rings. The lowest BCUT2D eigenvalue weighted by atomic mass is 9.98. The van der Waals surface area contributed by atoms with E-state index in [0.29, 0.717) is 6.42 Å². The van der Waals surface area contributed by atoms with E-state index in [1.165, 1.54) is 20.1 Å². The zero-order valence-electron chi connectivity index (χ0n) is 10.9. The van der Waals surface area contributed by atoms with Gasteiger partial charge in [0.25, 0.3) is 0 Å². The highest BCUT2D eigenvalue weighted by Gasteiger charge is 2.28. The van der Waals surface area contributed by atoms with Gasteiger partial charge in [-0.15, -0.1) is 0 Å². The lowest BCUT2D eigenvalue weighted by Gasteiger charge is -2.21. The number of halogens is 2. The molecule has 1 aromatic rings. The van der Waals surface area contributed by atoms with Crippen molar-refractivity contribution >= 4 is 5.97 Å². The van der Waals surface area contributed by atoms with Gasteiger partial charge in [0.1, 0.15) is 5.54 Å². The van der Waals surface area contributed by atoms with Crippen molar-refractivity contribution in [1.29, 1.82) is 0 Å². The molecule has 0 aliphatic rings. The summed E-state index contributed by atoms with van der Waals surface area (Å²) >= 11 is 0. The Bertz CT molecular complexity index is 429. The molecule has 0 aromatic heterocycles. The predicted molar refractivity (Wildman–Crippen MR) is 65.7 cm³/mol. The van der Waals surface area contributed by atoms with Gasteiger partial charge in [0.2, 0.25) is 0 Å². The maximum absolute atomic E-state index is 13.2. The Kier molecular flexibility index (Phi) is 5.23. The molecule has 6 heteroatoms. The van der Waals surface area contributed by atoms with E-state index in [1.54, 1.807) is 0 Å². The van der Waals surface area contributed by atoms with Crippen molar-refractivity contribution in [2.45, 2.75) is 25.3 Å². The van der Waals surface area contributed by atoms with E-state index in [1.807, 2.05) is 0 Å². The number of ether oxygens (including phenoxy) is 2. The largest absolute Gasteiger partial charge is 0.488 e. The summed E-state index contributed by atoms with van der Waals surface area (Å²) in [5.74, 6) is -2.48. The first-order valence-electron chi connectivity index (χ1n) is 5.82. The zero-order chi connectivity index (χ0) is 14.5. The van der Waals surface area contributed by atoms with Crippen LogP contribution in [0.4, 0.5) is 8.78 Å². The molecule has 4 nitrogen and oxygen atoms in total. The van der Waals surface area contributed by atoms with Gasteiger partial charge in [-0.25, -0.2) is 8.78 Å². The molecule has 1 aromatic carbocycles. The average Bonchev–Trinajstić information content (AvgIpc) is 2.36. The second-order valence-electron chi connectivity index (χ2n) is 4.41. The van der Waals surface area contributed by atoms with E-state index in [9.17, 15) is 13.6 Å². The van der Waals surface area contributed by atoms with E-state index in [2.05, 4.69) is 4.74 Å². The summed E-state index contributed by atoms with van der Waals surface area (Å²) in [5.41, 5.74) is 4.60. The number of carbonyl (C=O) groups excluding carboxylic acids is 1. The van der Waals surface area contributed by atoms with Gasteiger partial charge in [0, 0.05) is 0 Å². The molecular weight excluding hydrogens is 256 g/mol. The first-order chi connectivity index (χ1) is 8.88. The van der Waals surface area contributed by atoms with Crippen LogP contribution < -0.4 is 10.5 Å². The smallest absolute Gasteiger partial charge is 0.325 e. The number of carbonyl (C=O) groups is 1. The number of hydrogen-bond donors (Lipinski definition) is 1. The van der Waals surface area contributed by atoms with Crippen LogP contribution in [0, 0.1) is 11.6 Å². The van der Waals surface area contributed by atoms with E-state index < -0.39 is 28.9 Å². The molecule has 19 heavy (non-hydrogen) atoms. The fourth-order valence-electron chi connectivity index (χ4n) is 1.57. The minimum absolute atomic E-state index is 0.0572. The van der Waals surface area contributed by atoms with Crippen molar-refractivity contribution in [3.8, 4) is 5.75 Å². The number of rotatable bonds is 6. The Hall–Kier alpha value is -1.69. The van der Waals surface area contributed by atoms with Gasteiger partial charge in [-0.05, 0) is 31.9 Å². The third kappa shape index (κ3) is 4.17. The van der Waals surface area contributed by atoms with Crippen molar-refractivity contribution < 1.29 is 23.0 Å². The number of esters is 1. The first kappa shape index (κ1) is 15.4. The van der Waals surface area contributed by atoms with E-state index in [-0.39, 0.29) is 13.0 Å². The number of nitrogens with two attached hydrogens (primary N) is 1. The topological polar surface area (TPSA) is 61.5 Å². The number of benzene rings is 1. The van der Waals surface area contributed by atoms with Crippen molar-refractivity contribution in [2.24, 2.45) is 5.73 Å². The summed E-state index contributed by atoms with van der Waals surface area (Å²) in [6, 6.07) is 3.48. The predicted octanol–water partition coefficient (Wildman–Crippen LogP) is 2.01. The highest BCUT2D eigenvalue weighted by atomic mass is 19.1. The number of hydrogen-bond acceptors (Lipinski definition) is 4. The van der Waals surface area contributed by atoms with Crippen molar-refractivity contribution in [2.75, 3.05) is 13.7 Å². The quantitative estimate of drug-likeness (QED) is 0.636. The molecule has 0 amide bonds. The molecular formula is C13H17F2NO3. The normalized spacial score (nSPS) is 13.7. The molecule has 1 rings (SSSR count). The van der Waals surface area contributed by atoms with Crippen LogP contribution in [0.5, 0.6) is 5.75 Å². The Morgan fingerprint density at radius 2 is 1.95 bits per heavy atom. The summed E-state index contributed by atoms with van der Waals surface area (Å²) in [6.45, 7) is 1.59. The fourth-order valence-corrected chi connectivity index (χ4v) is 1.57. The number of methoxy groups -OCH3 is 1. The second kappa shape index (κ2) is 6.47. The van der Waals surface area contributed by atoms with Gasteiger partial charge in [-0.1, -0.05) is 6.07 Å². The van der Waals surface area contributed by atoms with E-state index >= 15 is 0 Å². The molecule has 0 aliphatic heterocycles. The van der Waals surface area contributed by atoms with Gasteiger partial charge < -0.3 is 15.2 Å². The maximum atomic E-state index is 13.2. The Morgan fingerprint density at radius 1 is 1.37 bits per heavy atom. The second-order valence-corrected chi connectivity index (χ2v) is 4.41. The van der Waals surface area contributed by atoms with Crippen LogP contribution in [0.1, 0.15) is 19.8 Å². The van der Waals surface area contributed by atoms with Crippen LogP contribution in [0.25, 0.3) is 0 Å². The van der Waals surface area contributed by atoms with Crippen LogP contribution in [0.2, 0.25) is 0 Å². The lowest BCUT2D eigenvalue weighted by Crippen LogP contribution is -2.45. The Labute approximate surface area is 110 Å². The third-order valence-corrected chi connectivity index (χ3v) is 2.66. The van der Waals surface area contributed by atoms with Gasteiger partial charge in [0.05, 0.1) is 13.7 Å². The highest BCUT2D eigenvalue weighted by Crippen LogP contribution is 2.21. The minimum Gasteiger partial charge on any atom is -0.488 e. The highest BCUT2D eigenvalue weighted by molar-refractivity contribution is 5.79. The van der Waals surface area contributed by atoms with Crippen LogP contribution in [0.3, 0.4) is 0 Å². The van der Waals surface area contributed by atoms with E-state index in [4.69, 9.17) is 10.5 Å². The minimum atomic E-state index is -1.13. The summed E-state index contributed by atoms with van der Waals surface area (Å²) < 4.78 is 36.0. The standard InChI is InChI=1S/C13H17F2NO3/c1-13(16,12(17)18-2)7-4-8-19-11-9(14)5-3-6-10(11)15/h3,5-6H,4,7-8,16H2,1-2H3. The Balaban J connectivity index is 2.45. The summed E-state index contributed by atoms with van der Waals surface area (Å²) in [5, 5.41) is 0. The summed E-state index contributed by atoms with van der Waals surface area (Å²) in [6.07, 6.45) is 0.658. The van der Waals surface area contributed by atoms with E-state index in [0.717, 1.165) is 12.1 Å². The number of para-hydroxylation sites is 1. The van der Waals surface area contributed by atoms with Crippen LogP contribution in [-0.2, 0) is 9.53 Å². The van der Waals surface area contributed by atoms with Gasteiger partial charge in [-0.3, -0.25) is 4.79 Å². The monoisotopic (exact) mass is 273 g/mol. The van der Waals surface area contributed by atoms with Crippen molar-refractivity contribution in [3.05, 3.63) is 29.8 Å². The van der Waals surface area contributed by atoms with Gasteiger partial charge >= 0.3 is 5.97 Å². The van der Waals surface area contributed by atoms with Gasteiger partial charge in [0.15, 0.2) is 17.4 Å². The molecule has 1 atom stereocenters. The third-order valence-electron chi connectivity index (χ3n) is 2.66. The molecule has 106 valence electrons. The fraction of sp³-hybridized carbons (Fsp3) is 0.462. The molecule has 0 saturated heterocycles. The van der Waals surface area contributed by atoms with Crippen LogP contribution in [-0.4, -0.2) is 25.2 Å². The average molecular weight is 273 g/mol. The lowest BCUT2D eigenvalue weighted by molar-refractivity contribution is -0.146. The van der Waals surface area contributed by atoms with Crippen LogP contribution in [0.15, 0.2) is 18.2 Å². The molecule has 1 unspecified atom stereocenters. The summed E-state index contributed by atoms with van der Waals surface area (Å²) in [7, 11) is 1.25. The van der Waals surface area contributed by atoms with Crippen molar-refractivity contribution in [1.82, 2.24) is 0 Å². The molecule has 0 radical (unpaired) electrons. The first-order valence-corrected chi connectivity index (χ1v) is 5.82. The zero-order valence-corrected chi connectivity index (χ0v) is 10.9. The summed E-state index contributed by atoms with van der Waals surface area (Å²) in [4.78, 5) is 11.3. The Morgan fingerprint density at radius 3 is 2.47 bits per heavy atom. The molecule has 0 aliphatic carbocycles. The van der Waals surface area contributed by atoms with Crippen molar-refractivity contribution in [3.63, 3.8) is 0 Å². The molecule has 2 N–H and O–H groups in total. The maximum Gasteiger partial charge on any atom is 0.325 e. The van der Waals surface area contributed by atoms with Gasteiger partial charge in [-0.2, -0.15) is 0 Å². The molecule has 0 heterocycles. The van der Waals surface area contributed by atoms with Crippen LogP contribution >= 0.6 is 0 Å². The molecule has 0 saturated carbocycles. The molecule has 0 bridgehead atoms. The SMILES string of the molecule is COC(=O)C(C)(N)CCCOc1c(F)cccc1F. The molecule has 0 spiro atoms.